The fourth-order valence-corrected chi connectivity index (χ4v) is 4.57. The zero-order valence-electron chi connectivity index (χ0n) is 14.2. The average Bonchev–Trinajstić information content (AvgIpc) is 3.25. The lowest BCUT2D eigenvalue weighted by molar-refractivity contribution is 0.0742. The van der Waals surface area contributed by atoms with Crippen LogP contribution in [0.5, 0.6) is 0 Å². The number of carbonyl (C=O) groups excluding carboxylic acids is 1. The minimum atomic E-state index is -3.56. The van der Waals surface area contributed by atoms with Gasteiger partial charge < -0.3 is 10.6 Å². The molecule has 1 saturated carbocycles. The highest BCUT2D eigenvalue weighted by Gasteiger charge is 2.33. The van der Waals surface area contributed by atoms with E-state index in [-0.39, 0.29) is 22.9 Å². The van der Waals surface area contributed by atoms with Gasteiger partial charge in [0, 0.05) is 24.2 Å². The zero-order valence-corrected chi connectivity index (χ0v) is 15.0. The van der Waals surface area contributed by atoms with Crippen LogP contribution in [0.2, 0.25) is 0 Å². The Labute approximate surface area is 143 Å². The number of nitrogens with one attached hydrogen (secondary N) is 1. The predicted octanol–water partition coefficient (Wildman–Crippen LogP) is 1.25. The smallest absolute Gasteiger partial charge is 0.254 e. The van der Waals surface area contributed by atoms with Gasteiger partial charge in [0.1, 0.15) is 0 Å². The van der Waals surface area contributed by atoms with Gasteiger partial charge in [0.15, 0.2) is 0 Å². The second-order valence-electron chi connectivity index (χ2n) is 7.02. The predicted molar refractivity (Wildman–Crippen MR) is 92.2 cm³/mol. The highest BCUT2D eigenvalue weighted by molar-refractivity contribution is 7.89. The minimum Gasteiger partial charge on any atom is -0.336 e. The average molecular weight is 351 g/mol. The van der Waals surface area contributed by atoms with Crippen molar-refractivity contribution in [3.8, 4) is 0 Å². The molecule has 2 aliphatic rings. The number of amides is 1. The van der Waals surface area contributed by atoms with E-state index >= 15 is 0 Å². The molecule has 1 heterocycles. The van der Waals surface area contributed by atoms with Crippen LogP contribution in [0.3, 0.4) is 0 Å². The lowest BCUT2D eigenvalue weighted by Gasteiger charge is -2.23. The first kappa shape index (κ1) is 17.4. The van der Waals surface area contributed by atoms with Crippen LogP contribution in [0.1, 0.15) is 42.1 Å². The molecule has 1 aliphatic carbocycles. The number of carbonyl (C=O) groups is 1. The summed E-state index contributed by atoms with van der Waals surface area (Å²) in [5, 5.41) is 0. The van der Waals surface area contributed by atoms with Crippen LogP contribution in [0.15, 0.2) is 23.1 Å². The summed E-state index contributed by atoms with van der Waals surface area (Å²) in [6, 6.07) is 4.93. The van der Waals surface area contributed by atoms with Gasteiger partial charge in [0.25, 0.3) is 5.91 Å². The molecule has 1 aromatic rings. The SMILES string of the molecule is Cc1ccc(S(=O)(=O)NC2CC2)cc1C(=O)N1CC(CN)CC1C. The summed E-state index contributed by atoms with van der Waals surface area (Å²) in [5.74, 6) is 0.201. The molecule has 0 radical (unpaired) electrons. The highest BCUT2D eigenvalue weighted by atomic mass is 32.2. The summed E-state index contributed by atoms with van der Waals surface area (Å²) in [6.07, 6.45) is 2.65. The first-order valence-corrected chi connectivity index (χ1v) is 9.94. The van der Waals surface area contributed by atoms with Gasteiger partial charge in [0.2, 0.25) is 10.0 Å². The number of likely N-dealkylation sites (tertiary alicyclic amines) is 1. The van der Waals surface area contributed by atoms with Crippen molar-refractivity contribution in [1.82, 2.24) is 9.62 Å². The van der Waals surface area contributed by atoms with E-state index in [9.17, 15) is 13.2 Å². The molecular weight excluding hydrogens is 326 g/mol. The lowest BCUT2D eigenvalue weighted by Crippen LogP contribution is -2.35. The number of hydrogen-bond acceptors (Lipinski definition) is 4. The van der Waals surface area contributed by atoms with Crippen LogP contribution in [-0.2, 0) is 10.0 Å². The van der Waals surface area contributed by atoms with Crippen LogP contribution in [0.25, 0.3) is 0 Å². The van der Waals surface area contributed by atoms with Crippen LogP contribution in [-0.4, -0.2) is 44.4 Å². The number of nitrogens with two attached hydrogens (primary N) is 1. The molecule has 1 aliphatic heterocycles. The third kappa shape index (κ3) is 3.48. The van der Waals surface area contributed by atoms with Gasteiger partial charge in [0.05, 0.1) is 4.90 Å². The number of aryl methyl sites for hydroxylation is 1. The quantitative estimate of drug-likeness (QED) is 0.835. The van der Waals surface area contributed by atoms with Crippen molar-refractivity contribution in [3.05, 3.63) is 29.3 Å². The summed E-state index contributed by atoms with van der Waals surface area (Å²) in [6.45, 7) is 5.04. The van der Waals surface area contributed by atoms with Gasteiger partial charge >= 0.3 is 0 Å². The first-order valence-electron chi connectivity index (χ1n) is 8.46. The molecule has 0 bridgehead atoms. The van der Waals surface area contributed by atoms with E-state index in [0.29, 0.717) is 24.6 Å². The van der Waals surface area contributed by atoms with Gasteiger partial charge in [-0.1, -0.05) is 6.07 Å². The topological polar surface area (TPSA) is 92.5 Å². The third-order valence-corrected chi connectivity index (χ3v) is 6.42. The molecule has 1 saturated heterocycles. The lowest BCUT2D eigenvalue weighted by atomic mass is 10.1. The number of hydrogen-bond donors (Lipinski definition) is 2. The van der Waals surface area contributed by atoms with Crippen molar-refractivity contribution in [1.29, 1.82) is 0 Å². The molecule has 2 atom stereocenters. The molecule has 0 spiro atoms. The number of nitrogens with zero attached hydrogens (tertiary/aromatic N) is 1. The molecule has 2 unspecified atom stereocenters. The van der Waals surface area contributed by atoms with Crippen LogP contribution in [0, 0.1) is 12.8 Å². The second kappa shape index (κ2) is 6.46. The van der Waals surface area contributed by atoms with E-state index in [1.165, 1.54) is 6.07 Å². The van der Waals surface area contributed by atoms with E-state index in [4.69, 9.17) is 5.73 Å². The molecule has 3 N–H and O–H groups in total. The fourth-order valence-electron chi connectivity index (χ4n) is 3.24. The van der Waals surface area contributed by atoms with Crippen LogP contribution >= 0.6 is 0 Å². The Morgan fingerprint density at radius 1 is 1.38 bits per heavy atom. The van der Waals surface area contributed by atoms with Crippen molar-refractivity contribution in [2.75, 3.05) is 13.1 Å². The minimum absolute atomic E-state index is 0.0411. The van der Waals surface area contributed by atoms with E-state index in [2.05, 4.69) is 4.72 Å². The number of sulfonamides is 1. The van der Waals surface area contributed by atoms with Crippen LogP contribution in [0.4, 0.5) is 0 Å². The largest absolute Gasteiger partial charge is 0.336 e. The number of rotatable bonds is 5. The summed E-state index contributed by atoms with van der Waals surface area (Å²) >= 11 is 0. The van der Waals surface area contributed by atoms with Crippen molar-refractivity contribution < 1.29 is 13.2 Å². The van der Waals surface area contributed by atoms with Crippen molar-refractivity contribution in [2.45, 2.75) is 50.1 Å². The maximum Gasteiger partial charge on any atom is 0.254 e. The monoisotopic (exact) mass is 351 g/mol. The molecule has 132 valence electrons. The summed E-state index contributed by atoms with van der Waals surface area (Å²) in [4.78, 5) is 14.9. The Morgan fingerprint density at radius 2 is 2.08 bits per heavy atom. The van der Waals surface area contributed by atoms with Crippen molar-refractivity contribution >= 4 is 15.9 Å². The third-order valence-electron chi connectivity index (χ3n) is 4.90. The molecule has 3 rings (SSSR count). The maximum absolute atomic E-state index is 12.9. The molecule has 24 heavy (non-hydrogen) atoms. The van der Waals surface area contributed by atoms with Gasteiger partial charge in [-0.3, -0.25) is 4.79 Å². The summed E-state index contributed by atoms with van der Waals surface area (Å²) < 4.78 is 27.5. The first-order chi connectivity index (χ1) is 11.3. The fraction of sp³-hybridized carbons (Fsp3) is 0.588. The van der Waals surface area contributed by atoms with Crippen LogP contribution < -0.4 is 10.5 Å². The molecule has 1 amide bonds. The number of benzene rings is 1. The van der Waals surface area contributed by atoms with Gasteiger partial charge in [-0.05, 0) is 63.3 Å². The van der Waals surface area contributed by atoms with Gasteiger partial charge in [-0.15, -0.1) is 0 Å². The molecule has 1 aromatic carbocycles. The van der Waals surface area contributed by atoms with E-state index in [1.807, 2.05) is 18.7 Å². The maximum atomic E-state index is 12.9. The molecule has 0 aromatic heterocycles. The van der Waals surface area contributed by atoms with Gasteiger partial charge in [-0.25, -0.2) is 13.1 Å². The Morgan fingerprint density at radius 3 is 2.67 bits per heavy atom. The Bertz CT molecular complexity index is 743. The normalized spacial score (nSPS) is 24.4. The summed E-state index contributed by atoms with van der Waals surface area (Å²) in [7, 11) is -3.56. The van der Waals surface area contributed by atoms with E-state index in [1.54, 1.807) is 12.1 Å². The van der Waals surface area contributed by atoms with E-state index < -0.39 is 10.0 Å². The second-order valence-corrected chi connectivity index (χ2v) is 8.73. The van der Waals surface area contributed by atoms with Gasteiger partial charge in [-0.2, -0.15) is 0 Å². The Balaban J connectivity index is 1.87. The highest BCUT2D eigenvalue weighted by Crippen LogP contribution is 2.27. The summed E-state index contributed by atoms with van der Waals surface area (Å²) in [5.41, 5.74) is 6.98. The molecular formula is C17H25N3O3S. The van der Waals surface area contributed by atoms with Crippen molar-refractivity contribution in [2.24, 2.45) is 11.7 Å². The Kier molecular flexibility index (Phi) is 4.68. The molecule has 2 fully saturated rings. The van der Waals surface area contributed by atoms with Crippen molar-refractivity contribution in [3.63, 3.8) is 0 Å². The van der Waals surface area contributed by atoms with E-state index in [0.717, 1.165) is 24.8 Å². The zero-order chi connectivity index (χ0) is 17.5. The Hall–Kier alpha value is -1.44. The standard InChI is InChI=1S/C17H25N3O3S/c1-11-3-6-15(24(22,23)19-14-4-5-14)8-16(11)17(21)20-10-13(9-18)7-12(20)2/h3,6,8,12-14,19H,4-5,7,9-10,18H2,1-2H3. The molecule has 7 heteroatoms. The molecule has 6 nitrogen and oxygen atoms in total.